The van der Waals surface area contributed by atoms with E-state index in [4.69, 9.17) is 24.7 Å². The van der Waals surface area contributed by atoms with Gasteiger partial charge in [-0.3, -0.25) is 10.5 Å². The number of nitrogens with two attached hydrogens (primary N) is 1. The molecule has 0 unspecified atom stereocenters. The molecule has 0 aromatic heterocycles. The highest BCUT2D eigenvalue weighted by Gasteiger charge is 2.27. The van der Waals surface area contributed by atoms with Crippen molar-refractivity contribution in [3.8, 4) is 23.0 Å². The zero-order valence-corrected chi connectivity index (χ0v) is 15.7. The number of ketones is 1. The Hall–Kier alpha value is -2.99. The Morgan fingerprint density at radius 1 is 0.926 bits per heavy atom. The fraction of sp³-hybridized carbons (Fsp3) is 0.286. The van der Waals surface area contributed by atoms with E-state index in [1.165, 1.54) is 0 Å². The molecule has 2 aromatic rings. The van der Waals surface area contributed by atoms with Gasteiger partial charge < -0.3 is 18.9 Å². The highest BCUT2D eigenvalue weighted by molar-refractivity contribution is 6.31. The predicted octanol–water partition coefficient (Wildman–Crippen LogP) is 3.28. The van der Waals surface area contributed by atoms with Gasteiger partial charge in [-0.2, -0.15) is 0 Å². The van der Waals surface area contributed by atoms with Gasteiger partial charge in [0, 0.05) is 12.0 Å². The van der Waals surface area contributed by atoms with Gasteiger partial charge in [-0.05, 0) is 47.4 Å². The van der Waals surface area contributed by atoms with Gasteiger partial charge in [-0.15, -0.1) is 0 Å². The van der Waals surface area contributed by atoms with Crippen molar-refractivity contribution in [1.29, 1.82) is 0 Å². The van der Waals surface area contributed by atoms with Gasteiger partial charge in [0.15, 0.2) is 17.3 Å². The van der Waals surface area contributed by atoms with E-state index in [-0.39, 0.29) is 12.5 Å². The summed E-state index contributed by atoms with van der Waals surface area (Å²) in [6.45, 7) is 0.0984. The van der Waals surface area contributed by atoms with Gasteiger partial charge in [0.25, 0.3) is 0 Å². The molecular formula is C21H23NO5. The van der Waals surface area contributed by atoms with Crippen molar-refractivity contribution in [3.05, 3.63) is 47.5 Å². The van der Waals surface area contributed by atoms with Crippen LogP contribution in [0, 0.1) is 0 Å². The van der Waals surface area contributed by atoms with Gasteiger partial charge in [0.2, 0.25) is 5.75 Å². The molecule has 0 heterocycles. The molecule has 142 valence electrons. The van der Waals surface area contributed by atoms with Crippen molar-refractivity contribution in [1.82, 2.24) is 0 Å². The molecule has 0 saturated carbocycles. The van der Waals surface area contributed by atoms with Crippen LogP contribution in [-0.2, 0) is 4.79 Å². The summed E-state index contributed by atoms with van der Waals surface area (Å²) < 4.78 is 21.6. The van der Waals surface area contributed by atoms with Crippen LogP contribution in [0.5, 0.6) is 23.0 Å². The van der Waals surface area contributed by atoms with Crippen molar-refractivity contribution >= 4 is 16.9 Å². The lowest BCUT2D eigenvalue weighted by Gasteiger charge is -2.15. The summed E-state index contributed by atoms with van der Waals surface area (Å²) in [4.78, 5) is 12.7. The van der Waals surface area contributed by atoms with E-state index in [2.05, 4.69) is 0 Å². The molecule has 0 aliphatic heterocycles. The van der Waals surface area contributed by atoms with Gasteiger partial charge in [-0.1, -0.05) is 12.1 Å². The SMILES string of the molecule is COc1cc(C2=C(c3cccc(OCN)c3)CCC2=O)cc(OC)c1OC. The molecule has 0 spiro atoms. The molecule has 3 rings (SSSR count). The number of hydrogen-bond donors (Lipinski definition) is 1. The Morgan fingerprint density at radius 3 is 2.22 bits per heavy atom. The third-order valence-electron chi connectivity index (χ3n) is 4.57. The first-order valence-electron chi connectivity index (χ1n) is 8.63. The van der Waals surface area contributed by atoms with Crippen molar-refractivity contribution in [2.75, 3.05) is 28.1 Å². The molecule has 0 fully saturated rings. The van der Waals surface area contributed by atoms with E-state index in [9.17, 15) is 4.79 Å². The summed E-state index contributed by atoms with van der Waals surface area (Å²) in [7, 11) is 4.66. The number of ether oxygens (including phenoxy) is 4. The number of benzene rings is 2. The number of rotatable bonds is 7. The van der Waals surface area contributed by atoms with E-state index < -0.39 is 0 Å². The summed E-state index contributed by atoms with van der Waals surface area (Å²) in [5, 5.41) is 0. The maximum atomic E-state index is 12.7. The normalized spacial score (nSPS) is 13.7. The highest BCUT2D eigenvalue weighted by atomic mass is 16.5. The smallest absolute Gasteiger partial charge is 0.203 e. The predicted molar refractivity (Wildman–Crippen MR) is 103 cm³/mol. The van der Waals surface area contributed by atoms with Crippen LogP contribution in [0.3, 0.4) is 0 Å². The fourth-order valence-electron chi connectivity index (χ4n) is 3.38. The summed E-state index contributed by atoms with van der Waals surface area (Å²) in [5.74, 6) is 2.28. The second-order valence-corrected chi connectivity index (χ2v) is 6.03. The lowest BCUT2D eigenvalue weighted by atomic mass is 9.96. The Balaban J connectivity index is 2.16. The third kappa shape index (κ3) is 3.61. The molecule has 1 aliphatic rings. The zero-order chi connectivity index (χ0) is 19.4. The zero-order valence-electron chi connectivity index (χ0n) is 15.7. The number of methoxy groups -OCH3 is 3. The first kappa shape index (κ1) is 18.8. The summed E-state index contributed by atoms with van der Waals surface area (Å²) >= 11 is 0. The first-order chi connectivity index (χ1) is 13.1. The van der Waals surface area contributed by atoms with Crippen molar-refractivity contribution in [2.45, 2.75) is 12.8 Å². The molecule has 1 aliphatic carbocycles. The van der Waals surface area contributed by atoms with Gasteiger partial charge in [0.05, 0.1) is 21.3 Å². The van der Waals surface area contributed by atoms with E-state index in [1.807, 2.05) is 24.3 Å². The fourth-order valence-corrected chi connectivity index (χ4v) is 3.38. The largest absolute Gasteiger partial charge is 0.493 e. The Labute approximate surface area is 158 Å². The van der Waals surface area contributed by atoms with Gasteiger partial charge in [-0.25, -0.2) is 0 Å². The van der Waals surface area contributed by atoms with Crippen LogP contribution in [-0.4, -0.2) is 33.8 Å². The van der Waals surface area contributed by atoms with E-state index in [0.717, 1.165) is 16.7 Å². The maximum Gasteiger partial charge on any atom is 0.203 e. The number of hydrogen-bond acceptors (Lipinski definition) is 6. The molecule has 0 radical (unpaired) electrons. The number of allylic oxidation sites excluding steroid dienone is 2. The van der Waals surface area contributed by atoms with Crippen molar-refractivity contribution in [2.24, 2.45) is 5.73 Å². The lowest BCUT2D eigenvalue weighted by molar-refractivity contribution is -0.113. The topological polar surface area (TPSA) is 80.0 Å². The minimum absolute atomic E-state index is 0.0874. The van der Waals surface area contributed by atoms with E-state index in [1.54, 1.807) is 33.5 Å². The molecule has 0 amide bonds. The number of carbonyl (C=O) groups excluding carboxylic acids is 1. The second-order valence-electron chi connectivity index (χ2n) is 6.03. The molecule has 0 saturated heterocycles. The minimum Gasteiger partial charge on any atom is -0.493 e. The minimum atomic E-state index is 0.0874. The average Bonchev–Trinajstić information content (AvgIpc) is 3.08. The lowest BCUT2D eigenvalue weighted by Crippen LogP contribution is -2.07. The third-order valence-corrected chi connectivity index (χ3v) is 4.57. The quantitative estimate of drug-likeness (QED) is 0.755. The molecular weight excluding hydrogens is 346 g/mol. The van der Waals surface area contributed by atoms with Crippen LogP contribution in [0.2, 0.25) is 0 Å². The van der Waals surface area contributed by atoms with Crippen LogP contribution in [0.25, 0.3) is 11.1 Å². The first-order valence-corrected chi connectivity index (χ1v) is 8.63. The van der Waals surface area contributed by atoms with E-state index >= 15 is 0 Å². The molecule has 6 nitrogen and oxygen atoms in total. The Kier molecular flexibility index (Phi) is 5.66. The standard InChI is InChI=1S/C21H23NO5/c1-24-18-10-14(11-19(25-2)21(18)26-3)20-16(7-8-17(20)23)13-5-4-6-15(9-13)27-12-22/h4-6,9-11H,7-8,12,22H2,1-3H3. The average molecular weight is 369 g/mol. The highest BCUT2D eigenvalue weighted by Crippen LogP contribution is 2.44. The van der Waals surface area contributed by atoms with E-state index in [0.29, 0.717) is 41.4 Å². The number of carbonyl (C=O) groups is 1. The van der Waals surface area contributed by atoms with Gasteiger partial charge >= 0.3 is 0 Å². The summed E-state index contributed by atoms with van der Waals surface area (Å²) in [6, 6.07) is 11.2. The van der Waals surface area contributed by atoms with Crippen LogP contribution < -0.4 is 24.7 Å². The van der Waals surface area contributed by atoms with Crippen LogP contribution >= 0.6 is 0 Å². The molecule has 0 bridgehead atoms. The van der Waals surface area contributed by atoms with Crippen molar-refractivity contribution < 1.29 is 23.7 Å². The molecule has 6 heteroatoms. The maximum absolute atomic E-state index is 12.7. The van der Waals surface area contributed by atoms with Crippen LogP contribution in [0.1, 0.15) is 24.0 Å². The van der Waals surface area contributed by atoms with Crippen molar-refractivity contribution in [3.63, 3.8) is 0 Å². The Bertz CT molecular complexity index is 863. The molecule has 27 heavy (non-hydrogen) atoms. The molecule has 2 N–H and O–H groups in total. The number of Topliss-reactive ketones (excluding diaryl/α,β-unsaturated/α-hetero) is 1. The molecule has 2 aromatic carbocycles. The van der Waals surface area contributed by atoms with Crippen LogP contribution in [0.4, 0.5) is 0 Å². The monoisotopic (exact) mass is 369 g/mol. The Morgan fingerprint density at radius 2 is 1.63 bits per heavy atom. The second kappa shape index (κ2) is 8.14. The van der Waals surface area contributed by atoms with Gasteiger partial charge in [0.1, 0.15) is 12.5 Å². The molecule has 0 atom stereocenters. The van der Waals surface area contributed by atoms with Crippen LogP contribution in [0.15, 0.2) is 36.4 Å². The summed E-state index contributed by atoms with van der Waals surface area (Å²) in [5.41, 5.74) is 8.79. The summed E-state index contributed by atoms with van der Waals surface area (Å²) in [6.07, 6.45) is 1.13.